The van der Waals surface area contributed by atoms with Gasteiger partial charge >= 0.3 is 0 Å². The van der Waals surface area contributed by atoms with Crippen LogP contribution in [0.15, 0.2) is 23.1 Å². The molecule has 19 heavy (non-hydrogen) atoms. The molecular formula is C14H23NO3S. The molecule has 0 heterocycles. The number of nitrogens with one attached hydrogen (secondary N) is 1. The molecule has 1 aromatic rings. The highest BCUT2D eigenvalue weighted by molar-refractivity contribution is 7.89. The van der Waals surface area contributed by atoms with Crippen LogP contribution in [-0.2, 0) is 15.4 Å². The number of rotatable bonds is 4. The summed E-state index contributed by atoms with van der Waals surface area (Å²) in [7, 11) is -1.88. The predicted octanol–water partition coefficient (Wildman–Crippen LogP) is 2.68. The molecule has 0 bridgehead atoms. The molecule has 4 nitrogen and oxygen atoms in total. The number of hydrogen-bond donors (Lipinski definition) is 1. The van der Waals surface area contributed by atoms with Crippen molar-refractivity contribution in [2.75, 3.05) is 7.11 Å². The lowest BCUT2D eigenvalue weighted by Gasteiger charge is -2.23. The zero-order valence-corrected chi connectivity index (χ0v) is 13.3. The van der Waals surface area contributed by atoms with Crippen LogP contribution in [0.1, 0.15) is 40.2 Å². The predicted molar refractivity (Wildman–Crippen MR) is 77.2 cm³/mol. The Morgan fingerprint density at radius 3 is 2.21 bits per heavy atom. The van der Waals surface area contributed by atoms with Gasteiger partial charge in [0.2, 0.25) is 10.0 Å². The first-order valence-electron chi connectivity index (χ1n) is 6.29. The van der Waals surface area contributed by atoms with E-state index in [4.69, 9.17) is 4.74 Å². The molecule has 0 saturated heterocycles. The monoisotopic (exact) mass is 285 g/mol. The van der Waals surface area contributed by atoms with Crippen molar-refractivity contribution >= 4 is 10.0 Å². The lowest BCUT2D eigenvalue weighted by Crippen LogP contribution is -2.30. The summed E-state index contributed by atoms with van der Waals surface area (Å²) in [6, 6.07) is 4.82. The lowest BCUT2D eigenvalue weighted by atomic mass is 9.86. The molecule has 0 aliphatic heterocycles. The zero-order chi connectivity index (χ0) is 14.8. The normalized spacial score (nSPS) is 12.8. The van der Waals surface area contributed by atoms with Gasteiger partial charge in [-0.3, -0.25) is 0 Å². The van der Waals surface area contributed by atoms with Crippen molar-refractivity contribution in [1.29, 1.82) is 0 Å². The molecule has 1 rings (SSSR count). The van der Waals surface area contributed by atoms with E-state index in [1.807, 2.05) is 20.8 Å². The molecule has 5 heteroatoms. The Kier molecular flexibility index (Phi) is 4.63. The van der Waals surface area contributed by atoms with Crippen LogP contribution in [0.5, 0.6) is 5.75 Å². The largest absolute Gasteiger partial charge is 0.496 e. The molecule has 0 spiro atoms. The van der Waals surface area contributed by atoms with Crippen LogP contribution < -0.4 is 9.46 Å². The average molecular weight is 285 g/mol. The Labute approximate surface area is 116 Å². The van der Waals surface area contributed by atoms with E-state index in [-0.39, 0.29) is 16.4 Å². The summed E-state index contributed by atoms with van der Waals surface area (Å²) in [5.41, 5.74) is 0.691. The molecule has 0 aliphatic rings. The van der Waals surface area contributed by atoms with Crippen LogP contribution in [0.2, 0.25) is 0 Å². The summed E-state index contributed by atoms with van der Waals surface area (Å²) in [6.07, 6.45) is 0. The minimum absolute atomic E-state index is 0.134. The summed E-state index contributed by atoms with van der Waals surface area (Å²) >= 11 is 0. The number of sulfonamides is 1. The minimum atomic E-state index is -3.47. The molecule has 0 aromatic heterocycles. The molecule has 1 aromatic carbocycles. The standard InChI is InChI=1S/C14H23NO3S/c1-10(2)15-19(16,17)11-7-8-13(18-6)12(9-11)14(3,4)5/h7-10,15H,1-6H3. The summed E-state index contributed by atoms with van der Waals surface area (Å²) in [4.78, 5) is 0.270. The molecule has 0 amide bonds. The topological polar surface area (TPSA) is 55.4 Å². The summed E-state index contributed by atoms with van der Waals surface area (Å²) < 4.78 is 32.2. The highest BCUT2D eigenvalue weighted by Crippen LogP contribution is 2.33. The van der Waals surface area contributed by atoms with Crippen molar-refractivity contribution in [3.05, 3.63) is 23.8 Å². The smallest absolute Gasteiger partial charge is 0.240 e. The Hall–Kier alpha value is -1.07. The molecular weight excluding hydrogens is 262 g/mol. The van der Waals surface area contributed by atoms with E-state index in [9.17, 15) is 8.42 Å². The van der Waals surface area contributed by atoms with Gasteiger partial charge in [-0.15, -0.1) is 0 Å². The second-order valence-corrected chi connectivity index (χ2v) is 7.60. The Bertz CT molecular complexity index is 542. The molecule has 0 fully saturated rings. The van der Waals surface area contributed by atoms with E-state index < -0.39 is 10.0 Å². The van der Waals surface area contributed by atoms with E-state index in [1.165, 1.54) is 0 Å². The van der Waals surface area contributed by atoms with Gasteiger partial charge in [0.05, 0.1) is 12.0 Å². The van der Waals surface area contributed by atoms with Crippen LogP contribution in [-0.4, -0.2) is 21.6 Å². The van der Waals surface area contributed by atoms with Crippen molar-refractivity contribution in [1.82, 2.24) is 4.72 Å². The van der Waals surface area contributed by atoms with Crippen LogP contribution in [0, 0.1) is 0 Å². The molecule has 1 N–H and O–H groups in total. The lowest BCUT2D eigenvalue weighted by molar-refractivity contribution is 0.397. The Morgan fingerprint density at radius 1 is 1.21 bits per heavy atom. The maximum absolute atomic E-state index is 12.2. The molecule has 0 unspecified atom stereocenters. The van der Waals surface area contributed by atoms with E-state index in [1.54, 1.807) is 39.2 Å². The highest BCUT2D eigenvalue weighted by Gasteiger charge is 2.23. The second kappa shape index (κ2) is 5.51. The third-order valence-electron chi connectivity index (χ3n) is 2.68. The zero-order valence-electron chi connectivity index (χ0n) is 12.4. The van der Waals surface area contributed by atoms with Crippen molar-refractivity contribution in [2.45, 2.75) is 51.0 Å². The van der Waals surface area contributed by atoms with Gasteiger partial charge in [0.15, 0.2) is 0 Å². The number of hydrogen-bond acceptors (Lipinski definition) is 3. The first kappa shape index (κ1) is 16.0. The molecule has 0 atom stereocenters. The van der Waals surface area contributed by atoms with Gasteiger partial charge < -0.3 is 4.74 Å². The summed E-state index contributed by atoms with van der Waals surface area (Å²) in [5, 5.41) is 0. The first-order valence-corrected chi connectivity index (χ1v) is 7.77. The third-order valence-corrected chi connectivity index (χ3v) is 4.34. The average Bonchev–Trinajstić information content (AvgIpc) is 2.25. The van der Waals surface area contributed by atoms with Crippen LogP contribution in [0.25, 0.3) is 0 Å². The van der Waals surface area contributed by atoms with Crippen molar-refractivity contribution < 1.29 is 13.2 Å². The molecule has 108 valence electrons. The van der Waals surface area contributed by atoms with Gasteiger partial charge in [-0.25, -0.2) is 13.1 Å². The number of ether oxygens (including phenoxy) is 1. The van der Waals surface area contributed by atoms with Crippen LogP contribution in [0.3, 0.4) is 0 Å². The van der Waals surface area contributed by atoms with Gasteiger partial charge in [-0.2, -0.15) is 0 Å². The van der Waals surface area contributed by atoms with Gasteiger partial charge in [0.1, 0.15) is 5.75 Å². The fourth-order valence-electron chi connectivity index (χ4n) is 1.82. The molecule has 0 saturated carbocycles. The maximum Gasteiger partial charge on any atom is 0.240 e. The summed E-state index contributed by atoms with van der Waals surface area (Å²) in [6.45, 7) is 9.67. The van der Waals surface area contributed by atoms with E-state index in [0.29, 0.717) is 5.75 Å². The third kappa shape index (κ3) is 3.94. The fourth-order valence-corrected chi connectivity index (χ4v) is 3.10. The Morgan fingerprint density at radius 2 is 1.79 bits per heavy atom. The van der Waals surface area contributed by atoms with E-state index in [0.717, 1.165) is 5.56 Å². The van der Waals surface area contributed by atoms with Gasteiger partial charge in [-0.1, -0.05) is 20.8 Å². The van der Waals surface area contributed by atoms with Gasteiger partial charge in [0.25, 0.3) is 0 Å². The number of methoxy groups -OCH3 is 1. The highest BCUT2D eigenvalue weighted by atomic mass is 32.2. The number of benzene rings is 1. The van der Waals surface area contributed by atoms with Crippen molar-refractivity contribution in [3.8, 4) is 5.75 Å². The van der Waals surface area contributed by atoms with Crippen LogP contribution in [0.4, 0.5) is 0 Å². The van der Waals surface area contributed by atoms with Crippen molar-refractivity contribution in [3.63, 3.8) is 0 Å². The fraction of sp³-hybridized carbons (Fsp3) is 0.571. The second-order valence-electron chi connectivity index (χ2n) is 5.89. The van der Waals surface area contributed by atoms with Crippen LogP contribution >= 0.6 is 0 Å². The SMILES string of the molecule is COc1ccc(S(=O)(=O)NC(C)C)cc1C(C)(C)C. The maximum atomic E-state index is 12.2. The first-order chi connectivity index (χ1) is 8.58. The van der Waals surface area contributed by atoms with Gasteiger partial charge in [-0.05, 0) is 37.5 Å². The summed E-state index contributed by atoms with van der Waals surface area (Å²) in [5.74, 6) is 0.705. The molecule has 0 aliphatic carbocycles. The Balaban J connectivity index is 3.34. The van der Waals surface area contributed by atoms with E-state index in [2.05, 4.69) is 4.72 Å². The van der Waals surface area contributed by atoms with Gasteiger partial charge in [0, 0.05) is 11.6 Å². The van der Waals surface area contributed by atoms with E-state index >= 15 is 0 Å². The van der Waals surface area contributed by atoms with Crippen molar-refractivity contribution in [2.24, 2.45) is 0 Å². The minimum Gasteiger partial charge on any atom is -0.496 e. The quantitative estimate of drug-likeness (QED) is 0.925. The molecule has 0 radical (unpaired) electrons.